The Morgan fingerprint density at radius 2 is 2.05 bits per heavy atom. The van der Waals surface area contributed by atoms with Crippen LogP contribution in [-0.4, -0.2) is 11.5 Å². The molecule has 0 unspecified atom stereocenters. The molecule has 1 heterocycles. The SMILES string of the molecule is CCCN(Cc1cncc(C)c1)c1cccc(N)c1. The van der Waals surface area contributed by atoms with Crippen LogP contribution in [0.2, 0.25) is 0 Å². The fourth-order valence-electron chi connectivity index (χ4n) is 2.22. The first-order valence-electron chi connectivity index (χ1n) is 6.70. The number of hydrogen-bond donors (Lipinski definition) is 1. The van der Waals surface area contributed by atoms with E-state index in [0.717, 1.165) is 25.2 Å². The highest BCUT2D eigenvalue weighted by Gasteiger charge is 2.07. The van der Waals surface area contributed by atoms with E-state index in [1.807, 2.05) is 30.6 Å². The van der Waals surface area contributed by atoms with Crippen LogP contribution in [0.25, 0.3) is 0 Å². The molecule has 1 aromatic carbocycles. The van der Waals surface area contributed by atoms with Gasteiger partial charge in [-0.15, -0.1) is 0 Å². The molecule has 100 valence electrons. The van der Waals surface area contributed by atoms with Crippen LogP contribution in [0, 0.1) is 6.92 Å². The molecule has 0 saturated carbocycles. The molecule has 0 aliphatic carbocycles. The Bertz CT molecular complexity index is 537. The van der Waals surface area contributed by atoms with E-state index in [1.54, 1.807) is 0 Å². The van der Waals surface area contributed by atoms with Crippen molar-refractivity contribution in [3.63, 3.8) is 0 Å². The topological polar surface area (TPSA) is 42.2 Å². The predicted octanol–water partition coefficient (Wildman–Crippen LogP) is 3.39. The van der Waals surface area contributed by atoms with Crippen LogP contribution >= 0.6 is 0 Å². The molecule has 19 heavy (non-hydrogen) atoms. The number of nitrogens with two attached hydrogens (primary N) is 1. The maximum Gasteiger partial charge on any atom is 0.0444 e. The van der Waals surface area contributed by atoms with Crippen LogP contribution in [0.5, 0.6) is 0 Å². The van der Waals surface area contributed by atoms with E-state index in [4.69, 9.17) is 5.73 Å². The van der Waals surface area contributed by atoms with Gasteiger partial charge in [0.15, 0.2) is 0 Å². The number of nitrogen functional groups attached to an aromatic ring is 1. The zero-order valence-corrected chi connectivity index (χ0v) is 11.6. The highest BCUT2D eigenvalue weighted by Crippen LogP contribution is 2.20. The number of aryl methyl sites for hydroxylation is 1. The number of nitrogens with zero attached hydrogens (tertiary/aromatic N) is 2. The molecule has 2 aromatic rings. The first-order chi connectivity index (χ1) is 9.19. The minimum Gasteiger partial charge on any atom is -0.399 e. The molecular formula is C16H21N3. The van der Waals surface area contributed by atoms with Crippen LogP contribution in [-0.2, 0) is 6.54 Å². The van der Waals surface area contributed by atoms with Crippen molar-refractivity contribution >= 4 is 11.4 Å². The second kappa shape index (κ2) is 6.23. The lowest BCUT2D eigenvalue weighted by Crippen LogP contribution is -2.23. The van der Waals surface area contributed by atoms with Crippen molar-refractivity contribution in [1.82, 2.24) is 4.98 Å². The lowest BCUT2D eigenvalue weighted by Gasteiger charge is -2.24. The molecule has 0 aliphatic rings. The zero-order valence-electron chi connectivity index (χ0n) is 11.6. The van der Waals surface area contributed by atoms with Gasteiger partial charge in [0.05, 0.1) is 0 Å². The van der Waals surface area contributed by atoms with Gasteiger partial charge >= 0.3 is 0 Å². The summed E-state index contributed by atoms with van der Waals surface area (Å²) in [5, 5.41) is 0. The molecule has 3 nitrogen and oxygen atoms in total. The molecule has 1 aromatic heterocycles. The van der Waals surface area contributed by atoms with Crippen molar-refractivity contribution in [2.24, 2.45) is 0 Å². The third-order valence-electron chi connectivity index (χ3n) is 3.03. The lowest BCUT2D eigenvalue weighted by atomic mass is 10.2. The van der Waals surface area contributed by atoms with E-state index >= 15 is 0 Å². The van der Waals surface area contributed by atoms with Gasteiger partial charge < -0.3 is 10.6 Å². The van der Waals surface area contributed by atoms with Crippen molar-refractivity contribution < 1.29 is 0 Å². The number of rotatable bonds is 5. The van der Waals surface area contributed by atoms with Gasteiger partial charge in [0, 0.05) is 36.9 Å². The van der Waals surface area contributed by atoms with Crippen molar-refractivity contribution in [3.8, 4) is 0 Å². The van der Waals surface area contributed by atoms with E-state index in [-0.39, 0.29) is 0 Å². The van der Waals surface area contributed by atoms with Crippen molar-refractivity contribution in [1.29, 1.82) is 0 Å². The molecule has 0 amide bonds. The number of anilines is 2. The Morgan fingerprint density at radius 3 is 2.74 bits per heavy atom. The van der Waals surface area contributed by atoms with Crippen molar-refractivity contribution in [2.75, 3.05) is 17.2 Å². The quantitative estimate of drug-likeness (QED) is 0.833. The normalized spacial score (nSPS) is 10.4. The molecule has 0 radical (unpaired) electrons. The minimum absolute atomic E-state index is 0.806. The first-order valence-corrected chi connectivity index (χ1v) is 6.70. The molecule has 0 aliphatic heterocycles. The average molecular weight is 255 g/mol. The summed E-state index contributed by atoms with van der Waals surface area (Å²) in [6, 6.07) is 10.2. The molecule has 3 heteroatoms. The standard InChI is InChI=1S/C16H21N3/c1-3-7-19(16-6-4-5-15(17)9-16)12-14-8-13(2)10-18-11-14/h4-6,8-11H,3,7,12,17H2,1-2H3. The van der Waals surface area contributed by atoms with Gasteiger partial charge in [-0.1, -0.05) is 19.1 Å². The number of hydrogen-bond acceptors (Lipinski definition) is 3. The van der Waals surface area contributed by atoms with E-state index in [1.165, 1.54) is 16.8 Å². The Morgan fingerprint density at radius 1 is 1.21 bits per heavy atom. The van der Waals surface area contributed by atoms with Crippen LogP contribution in [0.15, 0.2) is 42.7 Å². The number of aromatic nitrogens is 1. The van der Waals surface area contributed by atoms with E-state index in [0.29, 0.717) is 0 Å². The fraction of sp³-hybridized carbons (Fsp3) is 0.312. The third-order valence-corrected chi connectivity index (χ3v) is 3.03. The largest absolute Gasteiger partial charge is 0.399 e. The maximum absolute atomic E-state index is 5.87. The van der Waals surface area contributed by atoms with Gasteiger partial charge in [0.2, 0.25) is 0 Å². The summed E-state index contributed by atoms with van der Waals surface area (Å²) in [6.45, 7) is 6.14. The highest BCUT2D eigenvalue weighted by molar-refractivity contribution is 5.56. The summed E-state index contributed by atoms with van der Waals surface area (Å²) in [7, 11) is 0. The zero-order chi connectivity index (χ0) is 13.7. The summed E-state index contributed by atoms with van der Waals surface area (Å²) >= 11 is 0. The summed E-state index contributed by atoms with van der Waals surface area (Å²) < 4.78 is 0. The van der Waals surface area contributed by atoms with Gasteiger partial charge in [-0.25, -0.2) is 0 Å². The monoisotopic (exact) mass is 255 g/mol. The van der Waals surface area contributed by atoms with E-state index in [2.05, 4.69) is 35.9 Å². The van der Waals surface area contributed by atoms with Gasteiger partial charge in [-0.3, -0.25) is 4.98 Å². The summed E-state index contributed by atoms with van der Waals surface area (Å²) in [5.74, 6) is 0. The number of pyridine rings is 1. The molecular weight excluding hydrogens is 234 g/mol. The molecule has 0 atom stereocenters. The van der Waals surface area contributed by atoms with Crippen LogP contribution in [0.4, 0.5) is 11.4 Å². The summed E-state index contributed by atoms with van der Waals surface area (Å²) in [5.41, 5.74) is 10.3. The summed E-state index contributed by atoms with van der Waals surface area (Å²) in [6.07, 6.45) is 4.92. The molecule has 2 N–H and O–H groups in total. The lowest BCUT2D eigenvalue weighted by molar-refractivity contribution is 0.765. The molecule has 0 spiro atoms. The Kier molecular flexibility index (Phi) is 4.39. The third kappa shape index (κ3) is 3.71. The second-order valence-electron chi connectivity index (χ2n) is 4.89. The Balaban J connectivity index is 2.21. The minimum atomic E-state index is 0.806. The van der Waals surface area contributed by atoms with Crippen molar-refractivity contribution in [2.45, 2.75) is 26.8 Å². The van der Waals surface area contributed by atoms with E-state index in [9.17, 15) is 0 Å². The molecule has 0 bridgehead atoms. The molecule has 2 rings (SSSR count). The molecule has 0 fully saturated rings. The van der Waals surface area contributed by atoms with Crippen LogP contribution < -0.4 is 10.6 Å². The maximum atomic E-state index is 5.87. The van der Waals surface area contributed by atoms with Gasteiger partial charge in [-0.2, -0.15) is 0 Å². The van der Waals surface area contributed by atoms with Crippen molar-refractivity contribution in [3.05, 3.63) is 53.9 Å². The van der Waals surface area contributed by atoms with Gasteiger partial charge in [0.1, 0.15) is 0 Å². The van der Waals surface area contributed by atoms with Gasteiger partial charge in [-0.05, 0) is 42.7 Å². The van der Waals surface area contributed by atoms with Crippen LogP contribution in [0.3, 0.4) is 0 Å². The molecule has 0 saturated heterocycles. The van der Waals surface area contributed by atoms with Crippen LogP contribution in [0.1, 0.15) is 24.5 Å². The highest BCUT2D eigenvalue weighted by atomic mass is 15.1. The second-order valence-corrected chi connectivity index (χ2v) is 4.89. The number of benzene rings is 1. The Hall–Kier alpha value is -2.03. The first kappa shape index (κ1) is 13.4. The Labute approximate surface area is 115 Å². The smallest absolute Gasteiger partial charge is 0.0444 e. The average Bonchev–Trinajstić information content (AvgIpc) is 2.38. The van der Waals surface area contributed by atoms with Gasteiger partial charge in [0.25, 0.3) is 0 Å². The summed E-state index contributed by atoms with van der Waals surface area (Å²) in [4.78, 5) is 6.60. The van der Waals surface area contributed by atoms with E-state index < -0.39 is 0 Å². The fourth-order valence-corrected chi connectivity index (χ4v) is 2.22. The predicted molar refractivity (Wildman–Crippen MR) is 81.2 cm³/mol.